The summed E-state index contributed by atoms with van der Waals surface area (Å²) in [7, 11) is 0. The summed E-state index contributed by atoms with van der Waals surface area (Å²) in [6.45, 7) is 0.717. The molecular formula is C19H17NO2. The van der Waals surface area contributed by atoms with Crippen LogP contribution in [0.15, 0.2) is 66.9 Å². The zero-order chi connectivity index (χ0) is 15.4. The number of carbonyl (C=O) groups is 1. The summed E-state index contributed by atoms with van der Waals surface area (Å²) in [5.41, 5.74) is 3.08. The van der Waals surface area contributed by atoms with Crippen molar-refractivity contribution in [3.05, 3.63) is 78.0 Å². The summed E-state index contributed by atoms with van der Waals surface area (Å²) in [4.78, 5) is 11.0. The third kappa shape index (κ3) is 3.09. The van der Waals surface area contributed by atoms with Crippen LogP contribution in [-0.2, 0) is 17.8 Å². The Balaban J connectivity index is 1.87. The molecule has 0 saturated carbocycles. The third-order valence-electron chi connectivity index (χ3n) is 3.62. The fourth-order valence-electron chi connectivity index (χ4n) is 2.64. The van der Waals surface area contributed by atoms with Gasteiger partial charge in [-0.05, 0) is 17.2 Å². The van der Waals surface area contributed by atoms with E-state index in [0.29, 0.717) is 0 Å². The van der Waals surface area contributed by atoms with E-state index in [4.69, 9.17) is 5.11 Å². The smallest absolute Gasteiger partial charge is 0.307 e. The van der Waals surface area contributed by atoms with Gasteiger partial charge in [0.15, 0.2) is 0 Å². The Morgan fingerprint density at radius 3 is 2.55 bits per heavy atom. The van der Waals surface area contributed by atoms with Gasteiger partial charge in [-0.2, -0.15) is 0 Å². The first-order valence-electron chi connectivity index (χ1n) is 7.24. The Hall–Kier alpha value is -2.81. The summed E-state index contributed by atoms with van der Waals surface area (Å²) in [5, 5.41) is 10.0. The molecule has 0 aliphatic carbocycles. The lowest BCUT2D eigenvalue weighted by molar-refractivity contribution is -0.136. The van der Waals surface area contributed by atoms with Crippen molar-refractivity contribution in [2.75, 3.05) is 0 Å². The van der Waals surface area contributed by atoms with Crippen LogP contribution in [0.2, 0.25) is 0 Å². The summed E-state index contributed by atoms with van der Waals surface area (Å²) in [5.74, 6) is -0.803. The topological polar surface area (TPSA) is 42.2 Å². The highest BCUT2D eigenvalue weighted by Gasteiger charge is 2.10. The van der Waals surface area contributed by atoms with Gasteiger partial charge in [0.1, 0.15) is 0 Å². The van der Waals surface area contributed by atoms with Crippen molar-refractivity contribution in [2.24, 2.45) is 0 Å². The van der Waals surface area contributed by atoms with Crippen LogP contribution in [0, 0.1) is 0 Å². The zero-order valence-electron chi connectivity index (χ0n) is 12.1. The first-order chi connectivity index (χ1) is 10.7. The molecule has 2 aromatic carbocycles. The number of para-hydroxylation sites is 1. The second-order valence-electron chi connectivity index (χ2n) is 5.21. The van der Waals surface area contributed by atoms with E-state index in [9.17, 15) is 4.79 Å². The van der Waals surface area contributed by atoms with E-state index in [1.165, 1.54) is 0 Å². The van der Waals surface area contributed by atoms with Crippen LogP contribution in [0.4, 0.5) is 0 Å². The molecular weight excluding hydrogens is 274 g/mol. The Kier molecular flexibility index (Phi) is 4.05. The van der Waals surface area contributed by atoms with Gasteiger partial charge in [-0.15, -0.1) is 0 Å². The monoisotopic (exact) mass is 291 g/mol. The minimum absolute atomic E-state index is 0.0515. The maximum Gasteiger partial charge on any atom is 0.307 e. The molecule has 1 N–H and O–H groups in total. The number of carboxylic acid groups (broad SMARTS) is 1. The molecule has 110 valence electrons. The molecule has 1 heterocycles. The van der Waals surface area contributed by atoms with Crippen molar-refractivity contribution in [1.82, 2.24) is 4.57 Å². The number of hydrogen-bond acceptors (Lipinski definition) is 1. The van der Waals surface area contributed by atoms with Crippen molar-refractivity contribution in [3.8, 4) is 0 Å². The molecule has 1 aromatic heterocycles. The van der Waals surface area contributed by atoms with E-state index in [1.54, 1.807) is 0 Å². The van der Waals surface area contributed by atoms with Crippen LogP contribution in [0.3, 0.4) is 0 Å². The molecule has 0 radical (unpaired) electrons. The number of benzene rings is 2. The molecule has 0 spiro atoms. The number of fused-ring (bicyclic) bond motifs is 1. The third-order valence-corrected chi connectivity index (χ3v) is 3.62. The van der Waals surface area contributed by atoms with E-state index in [0.717, 1.165) is 28.6 Å². The maximum absolute atomic E-state index is 11.0. The Morgan fingerprint density at radius 2 is 1.77 bits per heavy atom. The van der Waals surface area contributed by atoms with E-state index in [-0.39, 0.29) is 6.42 Å². The van der Waals surface area contributed by atoms with Crippen molar-refractivity contribution in [1.29, 1.82) is 0 Å². The van der Waals surface area contributed by atoms with Crippen molar-refractivity contribution in [2.45, 2.75) is 13.0 Å². The number of aliphatic carboxylic acids is 1. The largest absolute Gasteiger partial charge is 0.481 e. The summed E-state index contributed by atoms with van der Waals surface area (Å²) < 4.78 is 2.09. The normalized spacial score (nSPS) is 11.3. The molecule has 3 heteroatoms. The summed E-state index contributed by atoms with van der Waals surface area (Å²) in [6, 6.07) is 18.0. The standard InChI is InChI=1S/C19H17NO2/c21-19(22)13-16-14-20(18-11-5-4-10-17(16)18)12-6-9-15-7-2-1-3-8-15/h1-11,14H,12-13H2,(H,21,22)/b9-6+. The number of nitrogens with zero attached hydrogens (tertiary/aromatic N) is 1. The minimum Gasteiger partial charge on any atom is -0.481 e. The first-order valence-corrected chi connectivity index (χ1v) is 7.24. The average Bonchev–Trinajstić information content (AvgIpc) is 2.86. The van der Waals surface area contributed by atoms with E-state index in [2.05, 4.69) is 28.9 Å². The number of rotatable bonds is 5. The first kappa shape index (κ1) is 14.1. The van der Waals surface area contributed by atoms with E-state index >= 15 is 0 Å². The fraction of sp³-hybridized carbons (Fsp3) is 0.105. The van der Waals surface area contributed by atoms with Crippen LogP contribution in [-0.4, -0.2) is 15.6 Å². The quantitative estimate of drug-likeness (QED) is 0.772. The second-order valence-corrected chi connectivity index (χ2v) is 5.21. The molecule has 0 bridgehead atoms. The lowest BCUT2D eigenvalue weighted by Gasteiger charge is -2.00. The van der Waals surface area contributed by atoms with Crippen molar-refractivity contribution < 1.29 is 9.90 Å². The molecule has 3 aromatic rings. The van der Waals surface area contributed by atoms with Crippen LogP contribution >= 0.6 is 0 Å². The second kappa shape index (κ2) is 6.31. The molecule has 0 unspecified atom stereocenters. The lowest BCUT2D eigenvalue weighted by atomic mass is 10.1. The van der Waals surface area contributed by atoms with Gasteiger partial charge in [0.25, 0.3) is 0 Å². The van der Waals surface area contributed by atoms with Crippen LogP contribution in [0.1, 0.15) is 11.1 Å². The summed E-state index contributed by atoms with van der Waals surface area (Å²) in [6.07, 6.45) is 6.15. The van der Waals surface area contributed by atoms with Crippen LogP contribution in [0.5, 0.6) is 0 Å². The SMILES string of the molecule is O=C(O)Cc1cn(C/C=C/c2ccccc2)c2ccccc12. The van der Waals surface area contributed by atoms with E-state index < -0.39 is 5.97 Å². The molecule has 0 fully saturated rings. The molecule has 0 amide bonds. The molecule has 3 nitrogen and oxygen atoms in total. The van der Waals surface area contributed by atoms with Gasteiger partial charge >= 0.3 is 5.97 Å². The van der Waals surface area contributed by atoms with Crippen molar-refractivity contribution >= 4 is 22.9 Å². The van der Waals surface area contributed by atoms with Crippen molar-refractivity contribution in [3.63, 3.8) is 0 Å². The average molecular weight is 291 g/mol. The minimum atomic E-state index is -0.803. The molecule has 22 heavy (non-hydrogen) atoms. The summed E-state index contributed by atoms with van der Waals surface area (Å²) >= 11 is 0. The highest BCUT2D eigenvalue weighted by molar-refractivity contribution is 5.87. The van der Waals surface area contributed by atoms with Gasteiger partial charge in [0, 0.05) is 23.6 Å². The van der Waals surface area contributed by atoms with Gasteiger partial charge in [-0.25, -0.2) is 0 Å². The molecule has 0 saturated heterocycles. The lowest BCUT2D eigenvalue weighted by Crippen LogP contribution is -1.99. The Labute approximate surface area is 129 Å². The predicted octanol–water partition coefficient (Wildman–Crippen LogP) is 3.98. The molecule has 0 atom stereocenters. The number of aromatic nitrogens is 1. The van der Waals surface area contributed by atoms with E-state index in [1.807, 2.05) is 48.7 Å². The van der Waals surface area contributed by atoms with Crippen LogP contribution < -0.4 is 0 Å². The zero-order valence-corrected chi connectivity index (χ0v) is 12.1. The fourth-order valence-corrected chi connectivity index (χ4v) is 2.64. The van der Waals surface area contributed by atoms with Crippen LogP contribution in [0.25, 0.3) is 17.0 Å². The highest BCUT2D eigenvalue weighted by atomic mass is 16.4. The van der Waals surface area contributed by atoms with Gasteiger partial charge in [0.05, 0.1) is 6.42 Å². The predicted molar refractivity (Wildman–Crippen MR) is 88.8 cm³/mol. The molecule has 3 rings (SSSR count). The number of carboxylic acids is 1. The van der Waals surface area contributed by atoms with Gasteiger partial charge in [-0.3, -0.25) is 4.79 Å². The van der Waals surface area contributed by atoms with Gasteiger partial charge < -0.3 is 9.67 Å². The Bertz CT molecular complexity index is 816. The van der Waals surface area contributed by atoms with Gasteiger partial charge in [0.2, 0.25) is 0 Å². The maximum atomic E-state index is 11.0. The number of hydrogen-bond donors (Lipinski definition) is 1. The van der Waals surface area contributed by atoms with Gasteiger partial charge in [-0.1, -0.05) is 60.7 Å². The Morgan fingerprint density at radius 1 is 1.05 bits per heavy atom. The highest BCUT2D eigenvalue weighted by Crippen LogP contribution is 2.22. The molecule has 0 aliphatic rings. The number of allylic oxidation sites excluding steroid dienone is 1. The molecule has 0 aliphatic heterocycles.